The number of rotatable bonds is 10. The van der Waals surface area contributed by atoms with E-state index in [2.05, 4.69) is 41.1 Å². The lowest BCUT2D eigenvalue weighted by Crippen LogP contribution is -2.34. The highest BCUT2D eigenvalue weighted by molar-refractivity contribution is 5.78. The minimum atomic E-state index is -0.451. The summed E-state index contributed by atoms with van der Waals surface area (Å²) < 4.78 is 10.6. The van der Waals surface area contributed by atoms with E-state index >= 15 is 0 Å². The molecule has 0 radical (unpaired) electrons. The van der Waals surface area contributed by atoms with E-state index in [4.69, 9.17) is 9.47 Å². The molecular weight excluding hydrogens is 388 g/mol. The number of aromatic nitrogens is 1. The van der Waals surface area contributed by atoms with Gasteiger partial charge < -0.3 is 9.47 Å². The Hall–Kier alpha value is -3.18. The van der Waals surface area contributed by atoms with Gasteiger partial charge in [-0.05, 0) is 30.5 Å². The SMILES string of the molecule is CCOC(=O)[C@H](CN(Cc1ccccc1)[C@H](C)c1ccccc1)c1ccc(OC)nc1. The molecule has 1 aromatic heterocycles. The minimum Gasteiger partial charge on any atom is -0.481 e. The summed E-state index contributed by atoms with van der Waals surface area (Å²) in [6.45, 7) is 5.57. The van der Waals surface area contributed by atoms with E-state index < -0.39 is 5.92 Å². The van der Waals surface area contributed by atoms with Crippen LogP contribution < -0.4 is 4.74 Å². The molecule has 5 heteroatoms. The number of benzene rings is 2. The summed E-state index contributed by atoms with van der Waals surface area (Å²) in [5.41, 5.74) is 3.22. The summed E-state index contributed by atoms with van der Waals surface area (Å²) in [6, 6.07) is 24.4. The second kappa shape index (κ2) is 11.3. The third-order valence-electron chi connectivity index (χ3n) is 5.42. The van der Waals surface area contributed by atoms with Gasteiger partial charge in [0, 0.05) is 31.4 Å². The molecule has 0 amide bonds. The highest BCUT2D eigenvalue weighted by atomic mass is 16.5. The Bertz CT molecular complexity index is 930. The van der Waals surface area contributed by atoms with Crippen molar-refractivity contribution in [2.24, 2.45) is 0 Å². The fourth-order valence-electron chi connectivity index (χ4n) is 3.63. The van der Waals surface area contributed by atoms with Gasteiger partial charge >= 0.3 is 5.97 Å². The van der Waals surface area contributed by atoms with Gasteiger partial charge in [-0.15, -0.1) is 0 Å². The van der Waals surface area contributed by atoms with Crippen LogP contribution >= 0.6 is 0 Å². The van der Waals surface area contributed by atoms with E-state index in [0.717, 1.165) is 12.1 Å². The summed E-state index contributed by atoms with van der Waals surface area (Å²) in [4.78, 5) is 19.6. The molecule has 1 heterocycles. The summed E-state index contributed by atoms with van der Waals surface area (Å²) in [6.07, 6.45) is 1.70. The van der Waals surface area contributed by atoms with Crippen LogP contribution in [0.15, 0.2) is 79.0 Å². The van der Waals surface area contributed by atoms with Crippen LogP contribution in [-0.2, 0) is 16.1 Å². The molecule has 0 aliphatic rings. The van der Waals surface area contributed by atoms with Gasteiger partial charge in [-0.3, -0.25) is 9.69 Å². The molecule has 0 aliphatic heterocycles. The quantitative estimate of drug-likeness (QED) is 0.434. The number of ether oxygens (including phenoxy) is 2. The van der Waals surface area contributed by atoms with Gasteiger partial charge in [0.25, 0.3) is 0 Å². The van der Waals surface area contributed by atoms with Gasteiger partial charge in [-0.25, -0.2) is 4.98 Å². The van der Waals surface area contributed by atoms with Gasteiger partial charge in [0.2, 0.25) is 5.88 Å². The Labute approximate surface area is 184 Å². The zero-order valence-electron chi connectivity index (χ0n) is 18.4. The van der Waals surface area contributed by atoms with E-state index in [1.165, 1.54) is 11.1 Å². The van der Waals surface area contributed by atoms with Gasteiger partial charge in [-0.1, -0.05) is 66.7 Å². The predicted molar refractivity (Wildman–Crippen MR) is 122 cm³/mol. The van der Waals surface area contributed by atoms with Crippen LogP contribution in [0.2, 0.25) is 0 Å². The molecule has 0 saturated heterocycles. The molecular formula is C26H30N2O3. The lowest BCUT2D eigenvalue weighted by molar-refractivity contribution is -0.145. The van der Waals surface area contributed by atoms with E-state index in [1.54, 1.807) is 19.4 Å². The van der Waals surface area contributed by atoms with Crippen LogP contribution in [0.4, 0.5) is 0 Å². The maximum atomic E-state index is 12.9. The first-order valence-electron chi connectivity index (χ1n) is 10.6. The van der Waals surface area contributed by atoms with Crippen molar-refractivity contribution in [2.75, 3.05) is 20.3 Å². The van der Waals surface area contributed by atoms with Crippen LogP contribution in [0.5, 0.6) is 5.88 Å². The number of hydrogen-bond acceptors (Lipinski definition) is 5. The van der Waals surface area contributed by atoms with Crippen molar-refractivity contribution in [1.29, 1.82) is 0 Å². The van der Waals surface area contributed by atoms with Crippen molar-refractivity contribution in [3.63, 3.8) is 0 Å². The Morgan fingerprint density at radius 3 is 2.23 bits per heavy atom. The lowest BCUT2D eigenvalue weighted by Gasteiger charge is -2.32. The maximum Gasteiger partial charge on any atom is 0.314 e. The molecule has 0 unspecified atom stereocenters. The zero-order valence-corrected chi connectivity index (χ0v) is 18.4. The number of hydrogen-bond donors (Lipinski definition) is 0. The second-order valence-electron chi connectivity index (χ2n) is 7.44. The molecule has 162 valence electrons. The van der Waals surface area contributed by atoms with Crippen molar-refractivity contribution in [2.45, 2.75) is 32.4 Å². The molecule has 5 nitrogen and oxygen atoms in total. The smallest absolute Gasteiger partial charge is 0.314 e. The molecule has 0 N–H and O–H groups in total. The van der Waals surface area contributed by atoms with Crippen LogP contribution in [0, 0.1) is 0 Å². The first kappa shape index (κ1) is 22.5. The Morgan fingerprint density at radius 1 is 0.968 bits per heavy atom. The highest BCUT2D eigenvalue weighted by Gasteiger charge is 2.28. The van der Waals surface area contributed by atoms with Crippen LogP contribution in [-0.4, -0.2) is 36.1 Å². The van der Waals surface area contributed by atoms with Gasteiger partial charge in [0.1, 0.15) is 0 Å². The van der Waals surface area contributed by atoms with Crippen molar-refractivity contribution < 1.29 is 14.3 Å². The topological polar surface area (TPSA) is 51.7 Å². The van der Waals surface area contributed by atoms with E-state index in [0.29, 0.717) is 19.0 Å². The molecule has 3 aromatic rings. The number of pyridine rings is 1. The number of methoxy groups -OCH3 is 1. The molecule has 2 atom stereocenters. The summed E-state index contributed by atoms with van der Waals surface area (Å²) in [5, 5.41) is 0. The molecule has 0 saturated carbocycles. The van der Waals surface area contributed by atoms with Gasteiger partial charge in [-0.2, -0.15) is 0 Å². The van der Waals surface area contributed by atoms with Gasteiger partial charge in [0.05, 0.1) is 19.6 Å². The normalized spacial score (nSPS) is 12.9. The molecule has 0 aliphatic carbocycles. The average Bonchev–Trinajstić information content (AvgIpc) is 2.82. The minimum absolute atomic E-state index is 0.115. The molecule has 2 aromatic carbocycles. The average molecular weight is 419 g/mol. The molecule has 0 fully saturated rings. The molecule has 0 bridgehead atoms. The highest BCUT2D eigenvalue weighted by Crippen LogP contribution is 2.28. The number of carbonyl (C=O) groups is 1. The van der Waals surface area contributed by atoms with Crippen LogP contribution in [0.25, 0.3) is 0 Å². The summed E-state index contributed by atoms with van der Waals surface area (Å²) >= 11 is 0. The third-order valence-corrected chi connectivity index (χ3v) is 5.42. The number of nitrogens with zero attached hydrogens (tertiary/aromatic N) is 2. The second-order valence-corrected chi connectivity index (χ2v) is 7.44. The number of carbonyl (C=O) groups excluding carboxylic acids is 1. The Kier molecular flexibility index (Phi) is 8.19. The van der Waals surface area contributed by atoms with Crippen molar-refractivity contribution in [3.05, 3.63) is 95.7 Å². The van der Waals surface area contributed by atoms with Crippen molar-refractivity contribution in [1.82, 2.24) is 9.88 Å². The Morgan fingerprint density at radius 2 is 1.65 bits per heavy atom. The van der Waals surface area contributed by atoms with E-state index in [9.17, 15) is 4.79 Å². The zero-order chi connectivity index (χ0) is 22.1. The molecule has 31 heavy (non-hydrogen) atoms. The van der Waals surface area contributed by atoms with E-state index in [-0.39, 0.29) is 12.0 Å². The van der Waals surface area contributed by atoms with Crippen LogP contribution in [0.1, 0.15) is 42.5 Å². The first-order valence-corrected chi connectivity index (χ1v) is 10.6. The lowest BCUT2D eigenvalue weighted by atomic mass is 9.97. The fourth-order valence-corrected chi connectivity index (χ4v) is 3.63. The Balaban J connectivity index is 1.92. The summed E-state index contributed by atoms with van der Waals surface area (Å²) in [5.74, 6) is -0.175. The molecule has 3 rings (SSSR count). The fraction of sp³-hybridized carbons (Fsp3) is 0.308. The number of esters is 1. The first-order chi connectivity index (χ1) is 15.1. The van der Waals surface area contributed by atoms with Crippen molar-refractivity contribution >= 4 is 5.97 Å². The largest absolute Gasteiger partial charge is 0.481 e. The predicted octanol–water partition coefficient (Wildman–Crippen LogP) is 5.00. The van der Waals surface area contributed by atoms with Gasteiger partial charge in [0.15, 0.2) is 0 Å². The molecule has 0 spiro atoms. The van der Waals surface area contributed by atoms with E-state index in [1.807, 2.05) is 49.4 Å². The van der Waals surface area contributed by atoms with Crippen LogP contribution in [0.3, 0.4) is 0 Å². The maximum absolute atomic E-state index is 12.9. The standard InChI is InChI=1S/C26H30N2O3/c1-4-31-26(29)24(23-15-16-25(30-3)27-17-23)19-28(18-21-11-7-5-8-12-21)20(2)22-13-9-6-10-14-22/h5-17,20,24H,4,18-19H2,1-3H3/t20-,24-/m1/s1. The van der Waals surface area contributed by atoms with Crippen molar-refractivity contribution in [3.8, 4) is 5.88 Å². The third kappa shape index (κ3) is 6.15. The monoisotopic (exact) mass is 418 g/mol. The summed E-state index contributed by atoms with van der Waals surface area (Å²) in [7, 11) is 1.58.